The van der Waals surface area contributed by atoms with E-state index >= 15 is 0 Å². The van der Waals surface area contributed by atoms with Gasteiger partial charge in [0.15, 0.2) is 0 Å². The molecule has 0 saturated carbocycles. The molecule has 1 aromatic rings. The predicted octanol–water partition coefficient (Wildman–Crippen LogP) is 2.58. The topological polar surface area (TPSA) is 76.4 Å². The largest absolute Gasteiger partial charge is 0.396 e. The van der Waals surface area contributed by atoms with Crippen LogP contribution in [-0.2, 0) is 4.79 Å². The Hall–Kier alpha value is -1.55. The van der Waals surface area contributed by atoms with E-state index in [4.69, 9.17) is 5.26 Å². The molecule has 0 bridgehead atoms. The van der Waals surface area contributed by atoms with Crippen molar-refractivity contribution in [3.8, 4) is 6.07 Å². The van der Waals surface area contributed by atoms with E-state index in [2.05, 4.69) is 16.3 Å². The lowest BCUT2D eigenvalue weighted by Crippen LogP contribution is -2.39. The molecule has 1 amide bonds. The molecule has 1 aromatic carbocycles. The Bertz CT molecular complexity index is 580. The van der Waals surface area contributed by atoms with Crippen molar-refractivity contribution in [1.29, 1.82) is 5.26 Å². The van der Waals surface area contributed by atoms with Gasteiger partial charge in [-0.1, -0.05) is 12.1 Å². The van der Waals surface area contributed by atoms with Crippen LogP contribution in [0.25, 0.3) is 0 Å². The fourth-order valence-corrected chi connectivity index (χ4v) is 3.62. The lowest BCUT2D eigenvalue weighted by Gasteiger charge is -2.30. The highest BCUT2D eigenvalue weighted by molar-refractivity contribution is 7.99. The van der Waals surface area contributed by atoms with Crippen molar-refractivity contribution in [3.63, 3.8) is 0 Å². The van der Waals surface area contributed by atoms with Gasteiger partial charge < -0.3 is 10.4 Å². The highest BCUT2D eigenvalue weighted by Crippen LogP contribution is 2.28. The number of carbonyl (C=O) groups excluding carboxylic acids is 1. The number of nitriles is 1. The molecule has 1 aliphatic heterocycles. The van der Waals surface area contributed by atoms with Crippen LogP contribution in [0.15, 0.2) is 29.2 Å². The molecule has 1 saturated heterocycles. The first-order valence-electron chi connectivity index (χ1n) is 8.37. The summed E-state index contributed by atoms with van der Waals surface area (Å²) in [5, 5.41) is 21.1. The third-order valence-corrected chi connectivity index (χ3v) is 5.54. The Labute approximate surface area is 148 Å². The second-order valence-electron chi connectivity index (χ2n) is 6.29. The quantitative estimate of drug-likeness (QED) is 0.742. The number of amides is 1. The van der Waals surface area contributed by atoms with Gasteiger partial charge >= 0.3 is 0 Å². The SMILES string of the molecule is C[C@@H](C#N)CSc1ccccc1NC(=O)CN1CCC(CO)CC1. The Morgan fingerprint density at radius 1 is 1.46 bits per heavy atom. The van der Waals surface area contributed by atoms with E-state index in [0.717, 1.165) is 36.5 Å². The number of hydrogen-bond donors (Lipinski definition) is 2. The summed E-state index contributed by atoms with van der Waals surface area (Å²) in [6.07, 6.45) is 1.89. The Morgan fingerprint density at radius 3 is 2.83 bits per heavy atom. The molecule has 0 spiro atoms. The maximum Gasteiger partial charge on any atom is 0.238 e. The average molecular weight is 347 g/mol. The van der Waals surface area contributed by atoms with Crippen molar-refractivity contribution in [2.75, 3.05) is 37.3 Å². The number of nitrogens with one attached hydrogen (secondary N) is 1. The zero-order chi connectivity index (χ0) is 17.4. The number of hydrogen-bond acceptors (Lipinski definition) is 5. The standard InChI is InChI=1S/C18H25N3O2S/c1-14(10-19)13-24-17-5-3-2-4-16(17)20-18(23)11-21-8-6-15(12-22)7-9-21/h2-5,14-15,22H,6-9,11-13H2,1H3,(H,20,23)/t14-/m0/s1. The average Bonchev–Trinajstić information content (AvgIpc) is 2.61. The van der Waals surface area contributed by atoms with E-state index < -0.39 is 0 Å². The smallest absolute Gasteiger partial charge is 0.238 e. The molecule has 0 aromatic heterocycles. The zero-order valence-corrected chi connectivity index (χ0v) is 14.9. The summed E-state index contributed by atoms with van der Waals surface area (Å²) in [5.41, 5.74) is 0.808. The molecular formula is C18H25N3O2S. The van der Waals surface area contributed by atoms with Crippen LogP contribution >= 0.6 is 11.8 Å². The highest BCUT2D eigenvalue weighted by atomic mass is 32.2. The number of rotatable bonds is 7. The van der Waals surface area contributed by atoms with Crippen molar-refractivity contribution in [2.24, 2.45) is 11.8 Å². The van der Waals surface area contributed by atoms with Gasteiger partial charge in [0.05, 0.1) is 24.2 Å². The van der Waals surface area contributed by atoms with Crippen molar-refractivity contribution in [3.05, 3.63) is 24.3 Å². The number of piperidine rings is 1. The molecule has 0 radical (unpaired) electrons. The first-order chi connectivity index (χ1) is 11.6. The summed E-state index contributed by atoms with van der Waals surface area (Å²) in [4.78, 5) is 15.4. The second-order valence-corrected chi connectivity index (χ2v) is 7.35. The van der Waals surface area contributed by atoms with Crippen molar-refractivity contribution in [2.45, 2.75) is 24.7 Å². The van der Waals surface area contributed by atoms with Crippen molar-refractivity contribution in [1.82, 2.24) is 4.90 Å². The molecular weight excluding hydrogens is 322 g/mol. The molecule has 24 heavy (non-hydrogen) atoms. The number of benzene rings is 1. The van der Waals surface area contributed by atoms with Crippen LogP contribution in [0.2, 0.25) is 0 Å². The van der Waals surface area contributed by atoms with Crippen molar-refractivity contribution >= 4 is 23.4 Å². The number of anilines is 1. The monoisotopic (exact) mass is 347 g/mol. The summed E-state index contributed by atoms with van der Waals surface area (Å²) in [7, 11) is 0. The lowest BCUT2D eigenvalue weighted by atomic mass is 9.98. The first kappa shape index (κ1) is 18.8. The summed E-state index contributed by atoms with van der Waals surface area (Å²) in [5.74, 6) is 1.05. The van der Waals surface area contributed by atoms with Crippen LogP contribution in [0.1, 0.15) is 19.8 Å². The summed E-state index contributed by atoms with van der Waals surface area (Å²) < 4.78 is 0. The number of carbonyl (C=O) groups is 1. The number of likely N-dealkylation sites (tertiary alicyclic amines) is 1. The normalized spacial score (nSPS) is 17.2. The molecule has 1 fully saturated rings. The molecule has 5 nitrogen and oxygen atoms in total. The lowest BCUT2D eigenvalue weighted by molar-refractivity contribution is -0.117. The summed E-state index contributed by atoms with van der Waals surface area (Å²) >= 11 is 1.59. The predicted molar refractivity (Wildman–Crippen MR) is 96.8 cm³/mol. The minimum atomic E-state index is -0.0217. The third kappa shape index (κ3) is 5.82. The molecule has 6 heteroatoms. The van der Waals surface area contributed by atoms with Crippen LogP contribution < -0.4 is 5.32 Å². The maximum absolute atomic E-state index is 12.3. The minimum Gasteiger partial charge on any atom is -0.396 e. The first-order valence-corrected chi connectivity index (χ1v) is 9.35. The van der Waals surface area contributed by atoms with Crippen molar-refractivity contribution < 1.29 is 9.90 Å². The van der Waals surface area contributed by atoms with Gasteiger partial charge in [0, 0.05) is 17.3 Å². The number of thioether (sulfide) groups is 1. The van der Waals surface area contributed by atoms with E-state index in [1.807, 2.05) is 31.2 Å². The minimum absolute atomic E-state index is 0.0150. The van der Waals surface area contributed by atoms with Crippen LogP contribution in [0.3, 0.4) is 0 Å². The number of aliphatic hydroxyl groups excluding tert-OH is 1. The van der Waals surface area contributed by atoms with Gasteiger partial charge in [-0.25, -0.2) is 0 Å². The third-order valence-electron chi connectivity index (χ3n) is 4.20. The van der Waals surface area contributed by atoms with E-state index in [9.17, 15) is 9.90 Å². The summed E-state index contributed by atoms with van der Waals surface area (Å²) in [6, 6.07) is 9.93. The highest BCUT2D eigenvalue weighted by Gasteiger charge is 2.20. The van der Waals surface area contributed by atoms with Gasteiger partial charge in [-0.2, -0.15) is 5.26 Å². The van der Waals surface area contributed by atoms with E-state index in [1.54, 1.807) is 11.8 Å². The van der Waals surface area contributed by atoms with Gasteiger partial charge in [0.25, 0.3) is 0 Å². The fraction of sp³-hybridized carbons (Fsp3) is 0.556. The fourth-order valence-electron chi connectivity index (χ4n) is 2.67. The second kappa shape index (κ2) is 9.67. The van der Waals surface area contributed by atoms with Crippen LogP contribution in [0.5, 0.6) is 0 Å². The Kier molecular flexibility index (Phi) is 7.57. The molecule has 1 heterocycles. The molecule has 1 atom stereocenters. The zero-order valence-electron chi connectivity index (χ0n) is 14.1. The van der Waals surface area contributed by atoms with Gasteiger partial charge in [-0.3, -0.25) is 9.69 Å². The van der Waals surface area contributed by atoms with Crippen LogP contribution in [-0.4, -0.2) is 47.9 Å². The summed E-state index contributed by atoms with van der Waals surface area (Å²) in [6.45, 7) is 4.23. The Balaban J connectivity index is 1.86. The number of para-hydroxylation sites is 1. The molecule has 2 rings (SSSR count). The maximum atomic E-state index is 12.3. The number of nitrogens with zero attached hydrogens (tertiary/aromatic N) is 2. The van der Waals surface area contributed by atoms with Crippen LogP contribution in [0, 0.1) is 23.2 Å². The van der Waals surface area contributed by atoms with Crippen LogP contribution in [0.4, 0.5) is 5.69 Å². The van der Waals surface area contributed by atoms with Gasteiger partial charge in [-0.15, -0.1) is 11.8 Å². The molecule has 130 valence electrons. The van der Waals surface area contributed by atoms with E-state index in [0.29, 0.717) is 18.2 Å². The Morgan fingerprint density at radius 2 is 2.17 bits per heavy atom. The van der Waals surface area contributed by atoms with E-state index in [1.165, 1.54) is 0 Å². The van der Waals surface area contributed by atoms with Gasteiger partial charge in [0.2, 0.25) is 5.91 Å². The molecule has 1 aliphatic rings. The van der Waals surface area contributed by atoms with Gasteiger partial charge in [-0.05, 0) is 50.9 Å². The van der Waals surface area contributed by atoms with E-state index in [-0.39, 0.29) is 18.4 Å². The van der Waals surface area contributed by atoms with Gasteiger partial charge in [0.1, 0.15) is 0 Å². The molecule has 0 aliphatic carbocycles. The number of aliphatic hydroxyl groups is 1. The molecule has 2 N–H and O–H groups in total. The molecule has 0 unspecified atom stereocenters.